The Hall–Kier alpha value is -4.42. The topological polar surface area (TPSA) is 126 Å². The van der Waals surface area contributed by atoms with Gasteiger partial charge < -0.3 is 25.3 Å². The predicted molar refractivity (Wildman–Crippen MR) is 153 cm³/mol. The van der Waals surface area contributed by atoms with Gasteiger partial charge in [0.25, 0.3) is 5.91 Å². The highest BCUT2D eigenvalue weighted by molar-refractivity contribution is 6.05. The van der Waals surface area contributed by atoms with E-state index in [0.717, 1.165) is 30.9 Å². The number of rotatable bonds is 9. The van der Waals surface area contributed by atoms with Crippen LogP contribution in [0.15, 0.2) is 53.2 Å². The van der Waals surface area contributed by atoms with Crippen LogP contribution in [0.4, 0.5) is 23.2 Å². The van der Waals surface area contributed by atoms with Crippen LogP contribution >= 0.6 is 0 Å². The Morgan fingerprint density at radius 3 is 2.53 bits per heavy atom. The molecule has 0 saturated heterocycles. The number of ether oxygens (including phenoxy) is 1. The first kappa shape index (κ1) is 30.6. The van der Waals surface area contributed by atoms with E-state index < -0.39 is 53.4 Å². The molecule has 2 aromatic rings. The number of nitrogens with one attached hydrogen (secondary N) is 2. The van der Waals surface area contributed by atoms with Crippen LogP contribution in [0.25, 0.3) is 0 Å². The molecule has 0 spiro atoms. The second-order valence-corrected chi connectivity index (χ2v) is 12.0. The zero-order chi connectivity index (χ0) is 32.0. The Kier molecular flexibility index (Phi) is 8.04. The van der Waals surface area contributed by atoms with Crippen molar-refractivity contribution in [3.05, 3.63) is 70.6 Å². The standard InChI is InChI=1S/C32H31F4N3O6/c1-44-26-9-4-16(25-13-18(45-39-25)14-27(40)41)11-22(26)30(42)38-29-20-7-6-19(21(20)10-15-2-3-15)28(29)31(43)37-17-5-8-24(33)23(12-17)32(34,35)36/h4-5,8-12,15,18-20,28-29H,2-3,6-7,13-14H2,1H3,(H,37,43)(H,38,42)(H,40,41)/b21-10-/t18?,19-,20+,28-,29+/m0/s1. The van der Waals surface area contributed by atoms with Crippen molar-refractivity contribution < 1.29 is 46.6 Å². The minimum atomic E-state index is -4.94. The first-order valence-corrected chi connectivity index (χ1v) is 14.8. The molecule has 6 rings (SSSR count). The van der Waals surface area contributed by atoms with E-state index in [1.807, 2.05) is 0 Å². The third kappa shape index (κ3) is 6.25. The smallest absolute Gasteiger partial charge is 0.419 e. The number of halogens is 4. The second kappa shape index (κ2) is 11.8. The molecule has 5 atom stereocenters. The molecular formula is C32H31F4N3O6. The van der Waals surface area contributed by atoms with E-state index in [-0.39, 0.29) is 41.7 Å². The molecule has 3 fully saturated rings. The maximum absolute atomic E-state index is 13.9. The minimum Gasteiger partial charge on any atom is -0.496 e. The molecule has 45 heavy (non-hydrogen) atoms. The number of carbonyl (C=O) groups is 3. The number of anilines is 1. The van der Waals surface area contributed by atoms with Crippen molar-refractivity contribution in [2.75, 3.05) is 12.4 Å². The Bertz CT molecular complexity index is 1600. The normalized spacial score (nSPS) is 26.4. The average molecular weight is 630 g/mol. The lowest BCUT2D eigenvalue weighted by Crippen LogP contribution is -2.48. The molecule has 2 bridgehead atoms. The van der Waals surface area contributed by atoms with Gasteiger partial charge in [-0.2, -0.15) is 13.2 Å². The summed E-state index contributed by atoms with van der Waals surface area (Å²) in [5.74, 6) is -3.97. The monoisotopic (exact) mass is 629 g/mol. The second-order valence-electron chi connectivity index (χ2n) is 12.0. The summed E-state index contributed by atoms with van der Waals surface area (Å²) in [5, 5.41) is 18.7. The molecule has 4 aliphatic rings. The van der Waals surface area contributed by atoms with Gasteiger partial charge in [0, 0.05) is 29.6 Å². The van der Waals surface area contributed by atoms with E-state index in [0.29, 0.717) is 35.7 Å². The fourth-order valence-electron chi connectivity index (χ4n) is 6.80. The highest BCUT2D eigenvalue weighted by atomic mass is 19.4. The summed E-state index contributed by atoms with van der Waals surface area (Å²) >= 11 is 0. The Morgan fingerprint density at radius 1 is 1.09 bits per heavy atom. The van der Waals surface area contributed by atoms with E-state index in [1.54, 1.807) is 18.2 Å². The summed E-state index contributed by atoms with van der Waals surface area (Å²) in [6.45, 7) is 0. The van der Waals surface area contributed by atoms with Crippen LogP contribution in [0, 0.1) is 29.5 Å². The van der Waals surface area contributed by atoms with E-state index in [9.17, 15) is 31.9 Å². The maximum Gasteiger partial charge on any atom is 0.419 e. The van der Waals surface area contributed by atoms with Crippen LogP contribution in [0.5, 0.6) is 5.75 Å². The first-order valence-electron chi connectivity index (χ1n) is 14.8. The number of carboxylic acids is 1. The number of amides is 2. The van der Waals surface area contributed by atoms with E-state index in [4.69, 9.17) is 14.7 Å². The molecule has 3 saturated carbocycles. The molecule has 1 unspecified atom stereocenters. The van der Waals surface area contributed by atoms with Crippen LogP contribution in [0.3, 0.4) is 0 Å². The summed E-state index contributed by atoms with van der Waals surface area (Å²) in [5.41, 5.74) is 0.600. The quantitative estimate of drug-likeness (QED) is 0.247. The molecule has 3 N–H and O–H groups in total. The lowest BCUT2D eigenvalue weighted by Gasteiger charge is -2.30. The summed E-state index contributed by atoms with van der Waals surface area (Å²) in [6, 6.07) is 6.51. The minimum absolute atomic E-state index is 0.132. The number of carbonyl (C=O) groups excluding carboxylic acids is 2. The highest BCUT2D eigenvalue weighted by Crippen LogP contribution is 2.54. The predicted octanol–water partition coefficient (Wildman–Crippen LogP) is 5.55. The van der Waals surface area contributed by atoms with Crippen molar-refractivity contribution in [2.24, 2.45) is 28.8 Å². The molecule has 1 heterocycles. The van der Waals surface area contributed by atoms with Crippen LogP contribution in [-0.4, -0.2) is 47.9 Å². The third-order valence-corrected chi connectivity index (χ3v) is 9.00. The Labute approximate surface area is 255 Å². The molecule has 9 nitrogen and oxygen atoms in total. The van der Waals surface area contributed by atoms with Crippen LogP contribution in [-0.2, 0) is 20.6 Å². The van der Waals surface area contributed by atoms with E-state index in [2.05, 4.69) is 21.9 Å². The molecule has 238 valence electrons. The van der Waals surface area contributed by atoms with E-state index in [1.165, 1.54) is 7.11 Å². The number of nitrogens with zero attached hydrogens (tertiary/aromatic N) is 1. The van der Waals surface area contributed by atoms with Crippen LogP contribution in [0.1, 0.15) is 60.0 Å². The molecule has 1 aliphatic heterocycles. The van der Waals surface area contributed by atoms with Gasteiger partial charge in [-0.15, -0.1) is 0 Å². The summed E-state index contributed by atoms with van der Waals surface area (Å²) in [6.07, 6.45) is 0.143. The van der Waals surface area contributed by atoms with Gasteiger partial charge in [-0.25, -0.2) is 4.39 Å². The number of aliphatic carboxylic acids is 1. The van der Waals surface area contributed by atoms with Gasteiger partial charge in [0.15, 0.2) is 0 Å². The van der Waals surface area contributed by atoms with Gasteiger partial charge in [0.1, 0.15) is 17.7 Å². The molecule has 2 aromatic carbocycles. The van der Waals surface area contributed by atoms with Crippen molar-refractivity contribution in [3.8, 4) is 5.75 Å². The largest absolute Gasteiger partial charge is 0.496 e. The molecule has 13 heteroatoms. The van der Waals surface area contributed by atoms with Gasteiger partial charge in [-0.05, 0) is 73.9 Å². The van der Waals surface area contributed by atoms with E-state index >= 15 is 0 Å². The molecule has 0 radical (unpaired) electrons. The summed E-state index contributed by atoms with van der Waals surface area (Å²) in [7, 11) is 1.41. The van der Waals surface area contributed by atoms with Gasteiger partial charge in [-0.1, -0.05) is 16.8 Å². The van der Waals surface area contributed by atoms with Crippen molar-refractivity contribution in [2.45, 2.75) is 56.8 Å². The number of carboxylic acid groups (broad SMARTS) is 1. The number of alkyl halides is 3. The fraction of sp³-hybridized carbons (Fsp3) is 0.438. The number of oxime groups is 1. The van der Waals surface area contributed by atoms with Crippen molar-refractivity contribution >= 4 is 29.2 Å². The fourth-order valence-corrected chi connectivity index (χ4v) is 6.80. The summed E-state index contributed by atoms with van der Waals surface area (Å²) < 4.78 is 59.4. The van der Waals surface area contributed by atoms with Gasteiger partial charge in [0.2, 0.25) is 5.91 Å². The summed E-state index contributed by atoms with van der Waals surface area (Å²) in [4.78, 5) is 43.9. The van der Waals surface area contributed by atoms with Crippen LogP contribution < -0.4 is 15.4 Å². The van der Waals surface area contributed by atoms with Crippen molar-refractivity contribution in [3.63, 3.8) is 0 Å². The molecule has 2 amide bonds. The van der Waals surface area contributed by atoms with Crippen molar-refractivity contribution in [1.82, 2.24) is 5.32 Å². The SMILES string of the molecule is COc1ccc(C2=NOC(CC(=O)O)C2)cc1C(=O)N[C@H]1[C@@H](C(=O)Nc2ccc(F)c(C(F)(F)F)c2)[C@H]2CC[C@@H]1/C2=C\C1CC1. The number of methoxy groups -OCH3 is 1. The number of fused-ring (bicyclic) bond motifs is 2. The van der Waals surface area contributed by atoms with Crippen molar-refractivity contribution in [1.29, 1.82) is 0 Å². The number of allylic oxidation sites excluding steroid dienone is 1. The zero-order valence-corrected chi connectivity index (χ0v) is 24.2. The first-order chi connectivity index (χ1) is 21.4. The zero-order valence-electron chi connectivity index (χ0n) is 24.2. The number of hydrogen-bond donors (Lipinski definition) is 3. The van der Waals surface area contributed by atoms with Gasteiger partial charge in [0.05, 0.1) is 36.3 Å². The third-order valence-electron chi connectivity index (χ3n) is 9.00. The highest BCUT2D eigenvalue weighted by Gasteiger charge is 2.55. The molecule has 0 aromatic heterocycles. The number of benzene rings is 2. The average Bonchev–Trinajstić information content (AvgIpc) is 3.43. The number of hydrogen-bond acceptors (Lipinski definition) is 6. The van der Waals surface area contributed by atoms with Gasteiger partial charge in [-0.3, -0.25) is 14.4 Å². The van der Waals surface area contributed by atoms with Crippen LogP contribution in [0.2, 0.25) is 0 Å². The molecule has 3 aliphatic carbocycles. The van der Waals surface area contributed by atoms with Gasteiger partial charge >= 0.3 is 12.1 Å². The molecular weight excluding hydrogens is 598 g/mol. The lowest BCUT2D eigenvalue weighted by atomic mass is 9.83. The maximum atomic E-state index is 13.9. The Morgan fingerprint density at radius 2 is 1.84 bits per heavy atom. The Balaban J connectivity index is 1.26. The lowest BCUT2D eigenvalue weighted by molar-refractivity contribution is -0.140.